The number of benzene rings is 2. The quantitative estimate of drug-likeness (QED) is 0.665. The second kappa shape index (κ2) is 9.82. The molecule has 2 rings (SSSR count). The van der Waals surface area contributed by atoms with Gasteiger partial charge in [-0.1, -0.05) is 26.0 Å². The zero-order valence-corrected chi connectivity index (χ0v) is 18.2. The van der Waals surface area contributed by atoms with Crippen molar-refractivity contribution in [3.63, 3.8) is 0 Å². The van der Waals surface area contributed by atoms with Gasteiger partial charge in [0.15, 0.2) is 0 Å². The minimum absolute atomic E-state index is 0.141. The van der Waals surface area contributed by atoms with Crippen molar-refractivity contribution in [3.05, 3.63) is 59.4 Å². The van der Waals surface area contributed by atoms with Crippen molar-refractivity contribution < 1.29 is 22.4 Å². The van der Waals surface area contributed by atoms with Gasteiger partial charge in [0.05, 0.1) is 16.5 Å². The first-order valence-electron chi connectivity index (χ1n) is 9.58. The fraction of sp³-hybridized carbons (Fsp3) is 0.333. The molecule has 9 heteroatoms. The van der Waals surface area contributed by atoms with Crippen molar-refractivity contribution in [1.29, 1.82) is 0 Å². The SMILES string of the molecule is CCN(CC)S(=O)(=O)c1ccc(F)c(C(=O)NC(C)c2cccc(NC(C)=O)c2)c1. The molecule has 2 amide bonds. The van der Waals surface area contributed by atoms with E-state index in [0.717, 1.165) is 18.2 Å². The number of nitrogens with zero attached hydrogens (tertiary/aromatic N) is 1. The Labute approximate surface area is 176 Å². The van der Waals surface area contributed by atoms with Gasteiger partial charge in [0, 0.05) is 25.7 Å². The van der Waals surface area contributed by atoms with Crippen molar-refractivity contribution in [1.82, 2.24) is 9.62 Å². The first-order chi connectivity index (χ1) is 14.1. The van der Waals surface area contributed by atoms with E-state index in [9.17, 15) is 22.4 Å². The number of hydrogen-bond donors (Lipinski definition) is 2. The summed E-state index contributed by atoms with van der Waals surface area (Å²) in [6, 6.07) is 9.57. The maximum absolute atomic E-state index is 14.3. The Bertz CT molecular complexity index is 1040. The molecular formula is C21H26FN3O4S. The number of anilines is 1. The van der Waals surface area contributed by atoms with Crippen LogP contribution in [-0.4, -0.2) is 37.6 Å². The molecule has 0 fully saturated rings. The highest BCUT2D eigenvalue weighted by molar-refractivity contribution is 7.89. The molecule has 2 aromatic rings. The van der Waals surface area contributed by atoms with Crippen LogP contribution in [0.3, 0.4) is 0 Å². The maximum Gasteiger partial charge on any atom is 0.254 e. The number of carbonyl (C=O) groups excluding carboxylic acids is 2. The Morgan fingerprint density at radius 2 is 1.77 bits per heavy atom. The van der Waals surface area contributed by atoms with E-state index in [1.807, 2.05) is 0 Å². The summed E-state index contributed by atoms with van der Waals surface area (Å²) in [5.41, 5.74) is 0.912. The Morgan fingerprint density at radius 3 is 2.37 bits per heavy atom. The average molecular weight is 436 g/mol. The highest BCUT2D eigenvalue weighted by Gasteiger charge is 2.24. The van der Waals surface area contributed by atoms with Crippen LogP contribution in [0.5, 0.6) is 0 Å². The van der Waals surface area contributed by atoms with Crippen LogP contribution in [0.2, 0.25) is 0 Å². The van der Waals surface area contributed by atoms with E-state index in [4.69, 9.17) is 0 Å². The summed E-state index contributed by atoms with van der Waals surface area (Å²) in [5.74, 6) is -1.77. The standard InChI is InChI=1S/C21H26FN3O4S/c1-5-25(6-2)30(28,29)18-10-11-20(22)19(13-18)21(27)23-14(3)16-8-7-9-17(12-16)24-15(4)26/h7-14H,5-6H2,1-4H3,(H,23,27)(H,24,26). The van der Waals surface area contributed by atoms with E-state index in [1.165, 1.54) is 11.2 Å². The van der Waals surface area contributed by atoms with Crippen LogP contribution in [-0.2, 0) is 14.8 Å². The average Bonchev–Trinajstić information content (AvgIpc) is 2.68. The van der Waals surface area contributed by atoms with Gasteiger partial charge in [-0.25, -0.2) is 12.8 Å². The lowest BCUT2D eigenvalue weighted by molar-refractivity contribution is -0.114. The molecule has 0 aliphatic rings. The number of nitrogens with one attached hydrogen (secondary N) is 2. The molecule has 0 aromatic heterocycles. The van der Waals surface area contributed by atoms with E-state index >= 15 is 0 Å². The highest BCUT2D eigenvalue weighted by Crippen LogP contribution is 2.21. The third kappa shape index (κ3) is 5.43. The first-order valence-corrected chi connectivity index (χ1v) is 11.0. The molecule has 0 aliphatic heterocycles. The van der Waals surface area contributed by atoms with E-state index in [-0.39, 0.29) is 29.5 Å². The van der Waals surface area contributed by atoms with E-state index in [0.29, 0.717) is 11.3 Å². The zero-order chi connectivity index (χ0) is 22.5. The summed E-state index contributed by atoms with van der Waals surface area (Å²) in [7, 11) is -3.83. The Hall–Kier alpha value is -2.78. The summed E-state index contributed by atoms with van der Waals surface area (Å²) < 4.78 is 40.9. The third-order valence-electron chi connectivity index (χ3n) is 4.58. The number of carbonyl (C=O) groups is 2. The van der Waals surface area contributed by atoms with Crippen LogP contribution in [0, 0.1) is 5.82 Å². The number of rotatable bonds is 8. The molecule has 0 saturated heterocycles. The van der Waals surface area contributed by atoms with Crippen LogP contribution in [0.15, 0.2) is 47.4 Å². The Morgan fingerprint density at radius 1 is 1.10 bits per heavy atom. The van der Waals surface area contributed by atoms with Gasteiger partial charge < -0.3 is 10.6 Å². The molecule has 1 unspecified atom stereocenters. The smallest absolute Gasteiger partial charge is 0.254 e. The van der Waals surface area contributed by atoms with Crippen molar-refractivity contribution in [2.45, 2.75) is 38.6 Å². The fourth-order valence-electron chi connectivity index (χ4n) is 3.00. The first kappa shape index (κ1) is 23.5. The van der Waals surface area contributed by atoms with Crippen molar-refractivity contribution in [3.8, 4) is 0 Å². The van der Waals surface area contributed by atoms with Crippen molar-refractivity contribution >= 4 is 27.5 Å². The number of amides is 2. The van der Waals surface area contributed by atoms with Gasteiger partial charge in [-0.2, -0.15) is 4.31 Å². The predicted octanol–water partition coefficient (Wildman–Crippen LogP) is 3.31. The predicted molar refractivity (Wildman–Crippen MR) is 113 cm³/mol. The lowest BCUT2D eigenvalue weighted by Crippen LogP contribution is -2.31. The van der Waals surface area contributed by atoms with Gasteiger partial charge in [-0.15, -0.1) is 0 Å². The molecule has 162 valence electrons. The lowest BCUT2D eigenvalue weighted by Gasteiger charge is -2.19. The molecule has 0 bridgehead atoms. The van der Waals surface area contributed by atoms with Gasteiger partial charge in [0.2, 0.25) is 15.9 Å². The van der Waals surface area contributed by atoms with Crippen LogP contribution in [0.25, 0.3) is 0 Å². The summed E-state index contributed by atoms with van der Waals surface area (Å²) in [6.07, 6.45) is 0. The molecule has 0 aliphatic carbocycles. The van der Waals surface area contributed by atoms with Gasteiger partial charge in [-0.05, 0) is 42.8 Å². The molecule has 2 aromatic carbocycles. The summed E-state index contributed by atoms with van der Waals surface area (Å²) >= 11 is 0. The Kier molecular flexibility index (Phi) is 7.69. The van der Waals surface area contributed by atoms with Crippen LogP contribution in [0.1, 0.15) is 49.7 Å². The molecule has 0 radical (unpaired) electrons. The summed E-state index contributed by atoms with van der Waals surface area (Å²) in [5, 5.41) is 5.33. The normalized spacial score (nSPS) is 12.5. The monoisotopic (exact) mass is 435 g/mol. The van der Waals surface area contributed by atoms with Crippen molar-refractivity contribution in [2.75, 3.05) is 18.4 Å². The topological polar surface area (TPSA) is 95.6 Å². The number of hydrogen-bond acceptors (Lipinski definition) is 4. The van der Waals surface area contributed by atoms with Crippen molar-refractivity contribution in [2.24, 2.45) is 0 Å². The third-order valence-corrected chi connectivity index (χ3v) is 6.63. The molecule has 0 heterocycles. The molecule has 7 nitrogen and oxygen atoms in total. The van der Waals surface area contributed by atoms with Crippen LogP contribution < -0.4 is 10.6 Å². The maximum atomic E-state index is 14.3. The van der Waals surface area contributed by atoms with Crippen LogP contribution in [0.4, 0.5) is 10.1 Å². The zero-order valence-electron chi connectivity index (χ0n) is 17.4. The second-order valence-corrected chi connectivity index (χ2v) is 8.67. The summed E-state index contributed by atoms with van der Waals surface area (Å²) in [4.78, 5) is 23.8. The molecule has 30 heavy (non-hydrogen) atoms. The highest BCUT2D eigenvalue weighted by atomic mass is 32.2. The van der Waals surface area contributed by atoms with E-state index in [2.05, 4.69) is 10.6 Å². The summed E-state index contributed by atoms with van der Waals surface area (Å²) in [6.45, 7) is 7.03. The van der Waals surface area contributed by atoms with Gasteiger partial charge >= 0.3 is 0 Å². The van der Waals surface area contributed by atoms with E-state index < -0.39 is 27.8 Å². The van der Waals surface area contributed by atoms with E-state index in [1.54, 1.807) is 45.0 Å². The Balaban J connectivity index is 2.28. The lowest BCUT2D eigenvalue weighted by atomic mass is 10.1. The van der Waals surface area contributed by atoms with Gasteiger partial charge in [-0.3, -0.25) is 9.59 Å². The minimum atomic E-state index is -3.83. The molecular weight excluding hydrogens is 409 g/mol. The minimum Gasteiger partial charge on any atom is -0.345 e. The second-order valence-electron chi connectivity index (χ2n) is 6.73. The number of halogens is 1. The fourth-order valence-corrected chi connectivity index (χ4v) is 4.48. The van der Waals surface area contributed by atoms with Gasteiger partial charge in [0.25, 0.3) is 5.91 Å². The van der Waals surface area contributed by atoms with Gasteiger partial charge in [0.1, 0.15) is 5.82 Å². The van der Waals surface area contributed by atoms with Crippen LogP contribution >= 0.6 is 0 Å². The molecule has 0 saturated carbocycles. The number of sulfonamides is 1. The largest absolute Gasteiger partial charge is 0.345 e. The molecule has 1 atom stereocenters. The molecule has 0 spiro atoms. The molecule has 2 N–H and O–H groups in total.